The Balaban J connectivity index is 2.88. The maximum Gasteiger partial charge on any atom is 0.307 e. The number of nitrogens with two attached hydrogens (primary N) is 1. The van der Waals surface area contributed by atoms with Gasteiger partial charge in [0, 0.05) is 18.2 Å². The fourth-order valence-electron chi connectivity index (χ4n) is 3.41. The van der Waals surface area contributed by atoms with Crippen molar-refractivity contribution in [3.8, 4) is 17.2 Å². The topological polar surface area (TPSA) is 91.0 Å². The minimum Gasteiger partial charge on any atom is -0.494 e. The summed E-state index contributed by atoms with van der Waals surface area (Å²) in [5.74, 6) is 1.37. The van der Waals surface area contributed by atoms with Gasteiger partial charge in [0.2, 0.25) is 0 Å². The molecular formula is C22H37NO5. The van der Waals surface area contributed by atoms with E-state index in [1.165, 1.54) is 0 Å². The second-order valence-electron chi connectivity index (χ2n) is 6.88. The van der Waals surface area contributed by atoms with Crippen LogP contribution >= 0.6 is 0 Å². The summed E-state index contributed by atoms with van der Waals surface area (Å²) in [5.41, 5.74) is 6.68. The average molecular weight is 396 g/mol. The van der Waals surface area contributed by atoms with Gasteiger partial charge >= 0.3 is 5.97 Å². The van der Waals surface area contributed by atoms with Crippen LogP contribution in [0, 0.1) is 11.8 Å². The maximum atomic E-state index is 11.3. The Morgan fingerprint density at radius 2 is 1.75 bits per heavy atom. The van der Waals surface area contributed by atoms with Crippen molar-refractivity contribution in [2.45, 2.75) is 59.8 Å². The summed E-state index contributed by atoms with van der Waals surface area (Å²) in [5, 5.41) is 9.25. The molecule has 0 aliphatic carbocycles. The highest BCUT2D eigenvalue weighted by Crippen LogP contribution is 2.37. The van der Waals surface area contributed by atoms with Gasteiger partial charge in [-0.3, -0.25) is 4.79 Å². The van der Waals surface area contributed by atoms with Crippen LogP contribution < -0.4 is 19.9 Å². The minimum atomic E-state index is -0.801. The van der Waals surface area contributed by atoms with Crippen LogP contribution in [-0.2, 0) is 11.2 Å². The van der Waals surface area contributed by atoms with Gasteiger partial charge in [-0.05, 0) is 52.0 Å². The summed E-state index contributed by atoms with van der Waals surface area (Å²) in [4.78, 5) is 11.3. The lowest BCUT2D eigenvalue weighted by Gasteiger charge is -2.20. The molecule has 0 aliphatic heterocycles. The Morgan fingerprint density at radius 1 is 1.07 bits per heavy atom. The lowest BCUT2D eigenvalue weighted by Crippen LogP contribution is -2.25. The van der Waals surface area contributed by atoms with Crippen LogP contribution in [0.3, 0.4) is 0 Å². The van der Waals surface area contributed by atoms with Crippen molar-refractivity contribution in [3.63, 3.8) is 0 Å². The number of carbonyl (C=O) groups is 1. The first-order chi connectivity index (χ1) is 13.5. The first kappa shape index (κ1) is 24.1. The molecule has 0 aromatic heterocycles. The van der Waals surface area contributed by atoms with E-state index in [-0.39, 0.29) is 6.54 Å². The van der Waals surface area contributed by atoms with E-state index in [2.05, 4.69) is 6.92 Å². The molecule has 0 heterocycles. The van der Waals surface area contributed by atoms with E-state index in [4.69, 9.17) is 19.9 Å². The summed E-state index contributed by atoms with van der Waals surface area (Å²) < 4.78 is 17.3. The van der Waals surface area contributed by atoms with Gasteiger partial charge in [0.1, 0.15) is 5.75 Å². The fraction of sp³-hybridized carbons (Fsp3) is 0.682. The molecule has 2 atom stereocenters. The normalized spacial score (nSPS) is 13.0. The van der Waals surface area contributed by atoms with Crippen molar-refractivity contribution >= 4 is 5.97 Å². The van der Waals surface area contributed by atoms with Gasteiger partial charge in [-0.1, -0.05) is 19.8 Å². The van der Waals surface area contributed by atoms with Crippen LogP contribution in [-0.4, -0.2) is 37.4 Å². The van der Waals surface area contributed by atoms with E-state index >= 15 is 0 Å². The number of hydrogen-bond acceptors (Lipinski definition) is 5. The quantitative estimate of drug-likeness (QED) is 0.460. The van der Waals surface area contributed by atoms with E-state index in [0.29, 0.717) is 37.9 Å². The third kappa shape index (κ3) is 7.58. The van der Waals surface area contributed by atoms with Crippen molar-refractivity contribution in [1.82, 2.24) is 0 Å². The molecule has 2 unspecified atom stereocenters. The van der Waals surface area contributed by atoms with Gasteiger partial charge in [0.15, 0.2) is 11.5 Å². The first-order valence-corrected chi connectivity index (χ1v) is 10.5. The van der Waals surface area contributed by atoms with E-state index < -0.39 is 11.9 Å². The van der Waals surface area contributed by atoms with Crippen LogP contribution in [0.25, 0.3) is 0 Å². The average Bonchev–Trinajstić information content (AvgIpc) is 2.67. The number of aryl methyl sites for hydroxylation is 1. The van der Waals surface area contributed by atoms with E-state index in [0.717, 1.165) is 42.7 Å². The number of carboxylic acid groups (broad SMARTS) is 1. The highest BCUT2D eigenvalue weighted by Gasteiger charge is 2.21. The molecule has 0 amide bonds. The number of carboxylic acids is 1. The standard InChI is InChI=1S/C22H37NO5/c1-5-16(12-18(15-23)22(24)25)10-9-11-17-13-19(26-6-2)14-20(27-7-3)21(17)28-8-4/h13-14,16,18H,5-12,15,23H2,1-4H3,(H,24,25). The molecule has 0 bridgehead atoms. The molecule has 6 nitrogen and oxygen atoms in total. The van der Waals surface area contributed by atoms with E-state index in [9.17, 15) is 9.90 Å². The largest absolute Gasteiger partial charge is 0.494 e. The molecule has 3 N–H and O–H groups in total. The predicted octanol–water partition coefficient (Wildman–Crippen LogP) is 4.28. The molecule has 0 radical (unpaired) electrons. The van der Waals surface area contributed by atoms with Crippen LogP contribution in [0.1, 0.15) is 58.9 Å². The SMILES string of the molecule is CCOc1cc(CCCC(CC)CC(CN)C(=O)O)c(OCC)c(OCC)c1. The minimum absolute atomic E-state index is 0.189. The van der Waals surface area contributed by atoms with Crippen molar-refractivity contribution in [2.75, 3.05) is 26.4 Å². The Bertz CT molecular complexity index is 591. The Labute approximate surface area is 169 Å². The smallest absolute Gasteiger partial charge is 0.307 e. The van der Waals surface area contributed by atoms with E-state index in [1.54, 1.807) is 0 Å². The lowest BCUT2D eigenvalue weighted by molar-refractivity contribution is -0.142. The van der Waals surface area contributed by atoms with Gasteiger partial charge in [0.05, 0.1) is 25.7 Å². The van der Waals surface area contributed by atoms with Crippen molar-refractivity contribution < 1.29 is 24.1 Å². The maximum absolute atomic E-state index is 11.3. The Morgan fingerprint density at radius 3 is 2.29 bits per heavy atom. The summed E-state index contributed by atoms with van der Waals surface area (Å²) in [7, 11) is 0. The summed E-state index contributed by atoms with van der Waals surface area (Å²) in [6.45, 7) is 9.87. The molecule has 0 fully saturated rings. The van der Waals surface area contributed by atoms with Gasteiger partial charge in [-0.2, -0.15) is 0 Å². The predicted molar refractivity (Wildman–Crippen MR) is 111 cm³/mol. The number of benzene rings is 1. The third-order valence-electron chi connectivity index (χ3n) is 4.89. The molecular weight excluding hydrogens is 358 g/mol. The zero-order valence-electron chi connectivity index (χ0n) is 17.8. The zero-order chi connectivity index (χ0) is 20.9. The first-order valence-electron chi connectivity index (χ1n) is 10.5. The van der Waals surface area contributed by atoms with Crippen molar-refractivity contribution in [3.05, 3.63) is 17.7 Å². The zero-order valence-corrected chi connectivity index (χ0v) is 17.8. The van der Waals surface area contributed by atoms with Crippen molar-refractivity contribution in [1.29, 1.82) is 0 Å². The highest BCUT2D eigenvalue weighted by atomic mass is 16.5. The van der Waals surface area contributed by atoms with Crippen LogP contribution in [0.15, 0.2) is 12.1 Å². The number of rotatable bonds is 15. The van der Waals surface area contributed by atoms with Gasteiger partial charge in [-0.15, -0.1) is 0 Å². The van der Waals surface area contributed by atoms with Crippen LogP contribution in [0.2, 0.25) is 0 Å². The summed E-state index contributed by atoms with van der Waals surface area (Å²) in [6.07, 6.45) is 4.30. The number of aliphatic carboxylic acids is 1. The molecule has 0 spiro atoms. The summed E-state index contributed by atoms with van der Waals surface area (Å²) >= 11 is 0. The third-order valence-corrected chi connectivity index (χ3v) is 4.89. The van der Waals surface area contributed by atoms with Gasteiger partial charge in [0.25, 0.3) is 0 Å². The fourth-order valence-corrected chi connectivity index (χ4v) is 3.41. The number of ether oxygens (including phenoxy) is 3. The monoisotopic (exact) mass is 395 g/mol. The molecule has 1 rings (SSSR count). The highest BCUT2D eigenvalue weighted by molar-refractivity contribution is 5.70. The Hall–Kier alpha value is -1.95. The Kier molecular flexibility index (Phi) is 11.4. The molecule has 0 aliphatic rings. The molecule has 160 valence electrons. The summed E-state index contributed by atoms with van der Waals surface area (Å²) in [6, 6.07) is 3.91. The number of hydrogen-bond donors (Lipinski definition) is 2. The van der Waals surface area contributed by atoms with Crippen LogP contribution in [0.5, 0.6) is 17.2 Å². The van der Waals surface area contributed by atoms with Crippen molar-refractivity contribution in [2.24, 2.45) is 17.6 Å². The molecule has 1 aromatic carbocycles. The van der Waals surface area contributed by atoms with E-state index in [1.807, 2.05) is 32.9 Å². The molecule has 6 heteroatoms. The molecule has 1 aromatic rings. The second-order valence-corrected chi connectivity index (χ2v) is 6.88. The van der Waals surface area contributed by atoms with Gasteiger partial charge in [-0.25, -0.2) is 0 Å². The van der Waals surface area contributed by atoms with Gasteiger partial charge < -0.3 is 25.1 Å². The molecule has 0 saturated carbocycles. The molecule has 0 saturated heterocycles. The second kappa shape index (κ2) is 13.3. The lowest BCUT2D eigenvalue weighted by atomic mass is 9.88. The van der Waals surface area contributed by atoms with Crippen LogP contribution in [0.4, 0.5) is 0 Å². The molecule has 28 heavy (non-hydrogen) atoms.